The number of hydrogen-bond acceptors (Lipinski definition) is 6. The van der Waals surface area contributed by atoms with Gasteiger partial charge in [-0.15, -0.1) is 11.3 Å². The third-order valence-corrected chi connectivity index (χ3v) is 9.35. The highest BCUT2D eigenvalue weighted by molar-refractivity contribution is 9.10. The third kappa shape index (κ3) is 5.12. The zero-order valence-electron chi connectivity index (χ0n) is 22.2. The van der Waals surface area contributed by atoms with Crippen LogP contribution in [0.3, 0.4) is 0 Å². The van der Waals surface area contributed by atoms with Crippen LogP contribution in [-0.4, -0.2) is 14.5 Å². The molecule has 6 aromatic rings. The van der Waals surface area contributed by atoms with E-state index >= 15 is 0 Å². The topological polar surface area (TPSA) is 68.2 Å². The lowest BCUT2D eigenvalue weighted by Gasteiger charge is -2.12. The van der Waals surface area contributed by atoms with Crippen molar-refractivity contribution in [2.24, 2.45) is 4.99 Å². The van der Waals surface area contributed by atoms with Crippen LogP contribution in [0.5, 0.6) is 0 Å². The molecule has 0 unspecified atom stereocenters. The molecule has 0 saturated heterocycles. The largest absolute Gasteiger partial charge is 0.423 e. The Hall–Kier alpha value is -3.72. The molecule has 41 heavy (non-hydrogen) atoms. The highest BCUT2D eigenvalue weighted by Gasteiger charge is 2.20. The predicted octanol–water partition coefficient (Wildman–Crippen LogP) is 9.32. The second-order valence-corrected chi connectivity index (χ2v) is 12.5. The Morgan fingerprint density at radius 2 is 1.80 bits per heavy atom. The first-order valence-corrected chi connectivity index (χ1v) is 15.4. The van der Waals surface area contributed by atoms with Crippen molar-refractivity contribution in [1.29, 1.82) is 0 Å². The predicted molar refractivity (Wildman–Crippen MR) is 170 cm³/mol. The van der Waals surface area contributed by atoms with E-state index in [9.17, 15) is 0 Å². The fourth-order valence-corrected chi connectivity index (χ4v) is 7.12. The minimum absolute atomic E-state index is 0.433. The van der Waals surface area contributed by atoms with Gasteiger partial charge in [0.25, 0.3) is 0 Å². The maximum atomic E-state index is 6.66. The highest BCUT2D eigenvalue weighted by atomic mass is 79.9. The van der Waals surface area contributed by atoms with Gasteiger partial charge in [0.2, 0.25) is 0 Å². The van der Waals surface area contributed by atoms with Crippen molar-refractivity contribution in [3.8, 4) is 17.0 Å². The van der Waals surface area contributed by atoms with E-state index in [1.807, 2.05) is 84.4 Å². The van der Waals surface area contributed by atoms with Crippen LogP contribution in [0.15, 0.2) is 93.1 Å². The summed E-state index contributed by atoms with van der Waals surface area (Å²) in [6.45, 7) is 2.03. The molecule has 1 N–H and O–H groups in total. The van der Waals surface area contributed by atoms with Crippen molar-refractivity contribution in [1.82, 2.24) is 14.5 Å². The Morgan fingerprint density at radius 1 is 1.00 bits per heavy atom. The summed E-state index contributed by atoms with van der Waals surface area (Å²) in [5.74, 6) is 1.55. The maximum Gasteiger partial charge on any atom is 0.307 e. The number of oxazole rings is 1. The van der Waals surface area contributed by atoms with Crippen LogP contribution >= 0.6 is 38.9 Å². The molecule has 204 valence electrons. The quantitative estimate of drug-likeness (QED) is 0.204. The molecule has 0 radical (unpaired) electrons. The van der Waals surface area contributed by atoms with Crippen molar-refractivity contribution >= 4 is 66.3 Å². The fraction of sp³-hybridized carbons (Fsp3) is 0.156. The minimum atomic E-state index is 0.433. The number of rotatable bonds is 5. The molecule has 1 aliphatic carbocycles. The second kappa shape index (κ2) is 10.9. The molecule has 3 aromatic heterocycles. The van der Waals surface area contributed by atoms with Gasteiger partial charge >= 0.3 is 5.68 Å². The van der Waals surface area contributed by atoms with E-state index in [4.69, 9.17) is 21.0 Å². The normalized spacial score (nSPS) is 13.5. The summed E-state index contributed by atoms with van der Waals surface area (Å²) in [7, 11) is 0. The molecule has 0 spiro atoms. The monoisotopic (exact) mass is 641 g/mol. The fourth-order valence-electron chi connectivity index (χ4n) is 5.31. The van der Waals surface area contributed by atoms with Gasteiger partial charge in [-0.1, -0.05) is 51.8 Å². The van der Waals surface area contributed by atoms with Gasteiger partial charge in [0.1, 0.15) is 17.0 Å². The van der Waals surface area contributed by atoms with Crippen molar-refractivity contribution in [3.63, 3.8) is 0 Å². The van der Waals surface area contributed by atoms with Crippen molar-refractivity contribution in [3.05, 3.63) is 110 Å². The van der Waals surface area contributed by atoms with Crippen LogP contribution in [-0.2, 0) is 12.8 Å². The van der Waals surface area contributed by atoms with E-state index in [1.54, 1.807) is 17.7 Å². The molecule has 1 aliphatic rings. The molecule has 6 nitrogen and oxygen atoms in total. The lowest BCUT2D eigenvalue weighted by Crippen LogP contribution is -2.14. The SMILES string of the molecule is Cc1cccc(Cl)c1-n1cc(-c2ccc(Br)cc2)oc1=Nc1ccc(Nc2ncnc3sc4c(c23)CCCC4)cc1. The number of benzene rings is 3. The lowest BCUT2D eigenvalue weighted by molar-refractivity contribution is 0.499. The number of aromatic nitrogens is 3. The van der Waals surface area contributed by atoms with E-state index in [2.05, 4.69) is 31.2 Å². The van der Waals surface area contributed by atoms with Crippen LogP contribution in [0.4, 0.5) is 17.2 Å². The number of para-hydroxylation sites is 1. The zero-order chi connectivity index (χ0) is 27.9. The Bertz CT molecular complexity index is 1940. The smallest absolute Gasteiger partial charge is 0.307 e. The summed E-state index contributed by atoms with van der Waals surface area (Å²) in [5.41, 5.74) is 6.33. The summed E-state index contributed by atoms with van der Waals surface area (Å²) < 4.78 is 9.24. The number of anilines is 2. The summed E-state index contributed by atoms with van der Waals surface area (Å²) >= 11 is 12.0. The van der Waals surface area contributed by atoms with Gasteiger partial charge in [0.05, 0.1) is 28.0 Å². The van der Waals surface area contributed by atoms with Gasteiger partial charge < -0.3 is 9.73 Å². The highest BCUT2D eigenvalue weighted by Crippen LogP contribution is 2.39. The van der Waals surface area contributed by atoms with Gasteiger partial charge in [0.15, 0.2) is 5.76 Å². The van der Waals surface area contributed by atoms with Crippen LogP contribution in [0.2, 0.25) is 5.02 Å². The molecule has 0 aliphatic heterocycles. The summed E-state index contributed by atoms with van der Waals surface area (Å²) in [6.07, 6.45) is 8.27. The van der Waals surface area contributed by atoms with Gasteiger partial charge in [-0.05, 0) is 86.2 Å². The summed E-state index contributed by atoms with van der Waals surface area (Å²) in [4.78, 5) is 16.5. The van der Waals surface area contributed by atoms with Crippen LogP contribution in [0, 0.1) is 6.92 Å². The first kappa shape index (κ1) is 26.2. The van der Waals surface area contributed by atoms with Crippen LogP contribution in [0.25, 0.3) is 27.2 Å². The van der Waals surface area contributed by atoms with Crippen molar-refractivity contribution in [2.75, 3.05) is 5.32 Å². The van der Waals surface area contributed by atoms with E-state index in [-0.39, 0.29) is 0 Å². The Kier molecular flexibility index (Phi) is 6.98. The molecule has 3 aromatic carbocycles. The third-order valence-electron chi connectivity index (χ3n) is 7.32. The number of hydrogen-bond donors (Lipinski definition) is 1. The minimum Gasteiger partial charge on any atom is -0.423 e. The Balaban J connectivity index is 1.26. The van der Waals surface area contributed by atoms with E-state index in [0.29, 0.717) is 16.5 Å². The first-order chi connectivity index (χ1) is 20.0. The number of thiophene rings is 1. The van der Waals surface area contributed by atoms with Crippen molar-refractivity contribution in [2.45, 2.75) is 32.6 Å². The molecule has 9 heteroatoms. The molecule has 0 amide bonds. The molecule has 0 atom stereocenters. The zero-order valence-corrected chi connectivity index (χ0v) is 25.4. The van der Waals surface area contributed by atoms with E-state index < -0.39 is 0 Å². The maximum absolute atomic E-state index is 6.66. The van der Waals surface area contributed by atoms with Gasteiger partial charge in [0, 0.05) is 20.6 Å². The molecule has 0 bridgehead atoms. The number of nitrogens with zero attached hydrogens (tertiary/aromatic N) is 4. The first-order valence-electron chi connectivity index (χ1n) is 13.4. The molecule has 0 saturated carbocycles. The summed E-state index contributed by atoms with van der Waals surface area (Å²) in [6, 6.07) is 21.8. The van der Waals surface area contributed by atoms with Gasteiger partial charge in [-0.2, -0.15) is 4.99 Å². The number of aryl methyl sites for hydroxylation is 3. The number of fused-ring (bicyclic) bond motifs is 3. The van der Waals surface area contributed by atoms with Crippen molar-refractivity contribution < 1.29 is 4.42 Å². The average molecular weight is 643 g/mol. The van der Waals surface area contributed by atoms with Gasteiger partial charge in [-0.25, -0.2) is 9.97 Å². The standard InChI is InChI=1S/C32H25BrClN5OS/c1-19-5-4-7-25(34)29(19)39-17-26(20-9-11-21(33)12-10-20)40-32(39)38-23-15-13-22(14-16-23)37-30-28-24-6-2-3-8-27(24)41-31(28)36-18-35-30/h4-5,7,9-18H,2-3,6,8H2,1H3,(H,35,36,37). The Labute approximate surface area is 254 Å². The van der Waals surface area contributed by atoms with Crippen LogP contribution in [0.1, 0.15) is 28.8 Å². The number of nitrogens with one attached hydrogen (secondary N) is 1. The van der Waals surface area contributed by atoms with E-state index in [1.165, 1.54) is 23.3 Å². The molecular formula is C32H25BrClN5OS. The molecule has 7 rings (SSSR count). The van der Waals surface area contributed by atoms with E-state index in [0.717, 1.165) is 61.5 Å². The summed E-state index contributed by atoms with van der Waals surface area (Å²) in [5, 5.41) is 5.31. The average Bonchev–Trinajstić information content (AvgIpc) is 3.56. The van der Waals surface area contributed by atoms with Crippen LogP contribution < -0.4 is 11.0 Å². The second-order valence-electron chi connectivity index (χ2n) is 10.1. The molecular weight excluding hydrogens is 618 g/mol. The van der Waals surface area contributed by atoms with Gasteiger partial charge in [-0.3, -0.25) is 4.57 Å². The molecule has 3 heterocycles. The molecule has 0 fully saturated rings. The Morgan fingerprint density at radius 3 is 2.61 bits per heavy atom. The lowest BCUT2D eigenvalue weighted by atomic mass is 9.97. The number of halogens is 2.